The summed E-state index contributed by atoms with van der Waals surface area (Å²) in [5.74, 6) is 0.569. The molecule has 28 heavy (non-hydrogen) atoms. The number of hydrogen-bond acceptors (Lipinski definition) is 5. The second-order valence-corrected chi connectivity index (χ2v) is 6.73. The van der Waals surface area contributed by atoms with Gasteiger partial charge in [-0.2, -0.15) is 0 Å². The summed E-state index contributed by atoms with van der Waals surface area (Å²) in [6.45, 7) is 3.86. The van der Waals surface area contributed by atoms with Crippen molar-refractivity contribution >= 4 is 16.7 Å². The molecule has 2 aromatic heterocycles. The van der Waals surface area contributed by atoms with Crippen LogP contribution in [0.2, 0.25) is 0 Å². The van der Waals surface area contributed by atoms with E-state index in [0.29, 0.717) is 40.2 Å². The average Bonchev–Trinajstić information content (AvgIpc) is 3.13. The van der Waals surface area contributed by atoms with Crippen molar-refractivity contribution in [2.24, 2.45) is 7.05 Å². The standard InChI is InChI=1S/C20H18N4O4/c1-12-18(13(2)28-21-12)15-9-16-19(17(10-15)24(26)27)22(3)20(25)23(16)11-14-7-5-4-6-8-14/h4-10H,11H2,1-3H3. The predicted molar refractivity (Wildman–Crippen MR) is 104 cm³/mol. The number of nitro benzene ring substituents is 1. The zero-order valence-electron chi connectivity index (χ0n) is 15.7. The largest absolute Gasteiger partial charge is 0.361 e. The minimum absolute atomic E-state index is 0.126. The molecule has 8 heteroatoms. The Kier molecular flexibility index (Phi) is 4.11. The minimum atomic E-state index is -0.462. The van der Waals surface area contributed by atoms with Gasteiger partial charge in [0, 0.05) is 18.7 Å². The number of rotatable bonds is 4. The molecule has 0 fully saturated rings. The van der Waals surface area contributed by atoms with E-state index in [4.69, 9.17) is 4.52 Å². The number of fused-ring (bicyclic) bond motifs is 1. The van der Waals surface area contributed by atoms with E-state index < -0.39 is 4.92 Å². The van der Waals surface area contributed by atoms with E-state index >= 15 is 0 Å². The van der Waals surface area contributed by atoms with Gasteiger partial charge in [0.25, 0.3) is 5.69 Å². The van der Waals surface area contributed by atoms with Crippen molar-refractivity contribution in [3.63, 3.8) is 0 Å². The van der Waals surface area contributed by atoms with Crippen LogP contribution < -0.4 is 5.69 Å². The van der Waals surface area contributed by atoms with Crippen LogP contribution in [0.1, 0.15) is 17.0 Å². The van der Waals surface area contributed by atoms with Crippen LogP contribution in [0.5, 0.6) is 0 Å². The highest BCUT2D eigenvalue weighted by atomic mass is 16.6. The van der Waals surface area contributed by atoms with Gasteiger partial charge in [-0.25, -0.2) is 4.79 Å². The first-order chi connectivity index (χ1) is 13.4. The quantitative estimate of drug-likeness (QED) is 0.399. The fourth-order valence-electron chi connectivity index (χ4n) is 3.63. The molecule has 4 aromatic rings. The first kappa shape index (κ1) is 17.7. The molecule has 2 heterocycles. The molecule has 0 N–H and O–H groups in total. The molecule has 0 radical (unpaired) electrons. The van der Waals surface area contributed by atoms with Crippen molar-refractivity contribution in [3.8, 4) is 11.1 Å². The van der Waals surface area contributed by atoms with Crippen molar-refractivity contribution in [1.82, 2.24) is 14.3 Å². The van der Waals surface area contributed by atoms with Gasteiger partial charge in [0.1, 0.15) is 11.3 Å². The molecule has 0 unspecified atom stereocenters. The van der Waals surface area contributed by atoms with E-state index in [1.165, 1.54) is 10.6 Å². The number of imidazole rings is 1. The molecule has 142 valence electrons. The van der Waals surface area contributed by atoms with Gasteiger partial charge in [0.15, 0.2) is 0 Å². The van der Waals surface area contributed by atoms with Gasteiger partial charge >= 0.3 is 5.69 Å². The van der Waals surface area contributed by atoms with Gasteiger partial charge in [0.2, 0.25) is 0 Å². The molecule has 0 atom stereocenters. The Balaban J connectivity index is 2.04. The summed E-state index contributed by atoms with van der Waals surface area (Å²) in [5.41, 5.74) is 3.23. The van der Waals surface area contributed by atoms with E-state index in [2.05, 4.69) is 5.16 Å². The molecular formula is C20H18N4O4. The molecular weight excluding hydrogens is 360 g/mol. The third kappa shape index (κ3) is 2.70. The Labute approximate surface area is 159 Å². The number of non-ortho nitro benzene ring substituents is 1. The van der Waals surface area contributed by atoms with Gasteiger partial charge in [-0.05, 0) is 31.0 Å². The third-order valence-electron chi connectivity index (χ3n) is 4.92. The Morgan fingerprint density at radius 3 is 2.50 bits per heavy atom. The lowest BCUT2D eigenvalue weighted by molar-refractivity contribution is -0.383. The second kappa shape index (κ2) is 6.49. The fourth-order valence-corrected chi connectivity index (χ4v) is 3.63. The van der Waals surface area contributed by atoms with Crippen LogP contribution in [-0.4, -0.2) is 19.2 Å². The predicted octanol–water partition coefficient (Wildman–Crippen LogP) is 3.57. The molecule has 0 amide bonds. The van der Waals surface area contributed by atoms with Crippen molar-refractivity contribution in [2.75, 3.05) is 0 Å². The molecule has 0 aliphatic heterocycles. The smallest absolute Gasteiger partial charge is 0.329 e. The van der Waals surface area contributed by atoms with Gasteiger partial charge in [-0.3, -0.25) is 19.2 Å². The van der Waals surface area contributed by atoms with E-state index in [-0.39, 0.29) is 11.4 Å². The molecule has 0 saturated carbocycles. The van der Waals surface area contributed by atoms with E-state index in [9.17, 15) is 14.9 Å². The number of nitro groups is 1. The van der Waals surface area contributed by atoms with Crippen molar-refractivity contribution in [1.29, 1.82) is 0 Å². The summed E-state index contributed by atoms with van der Waals surface area (Å²) in [4.78, 5) is 24.2. The Morgan fingerprint density at radius 2 is 1.89 bits per heavy atom. The number of aryl methyl sites for hydroxylation is 3. The molecule has 0 saturated heterocycles. The molecule has 8 nitrogen and oxygen atoms in total. The number of hydrogen-bond donors (Lipinski definition) is 0. The molecule has 0 aliphatic rings. The number of benzene rings is 2. The highest BCUT2D eigenvalue weighted by molar-refractivity contribution is 5.91. The maximum Gasteiger partial charge on any atom is 0.329 e. The summed E-state index contributed by atoms with van der Waals surface area (Å²) in [6, 6.07) is 12.8. The Hall–Kier alpha value is -3.68. The SMILES string of the molecule is Cc1noc(C)c1-c1cc([N+](=O)[O-])c2c(c1)n(Cc1ccccc1)c(=O)n2C. The molecule has 0 spiro atoms. The first-order valence-corrected chi connectivity index (χ1v) is 8.73. The topological polar surface area (TPSA) is 96.1 Å². The lowest BCUT2D eigenvalue weighted by Crippen LogP contribution is -2.22. The number of nitrogens with zero attached hydrogens (tertiary/aromatic N) is 4. The normalized spacial score (nSPS) is 11.2. The second-order valence-electron chi connectivity index (χ2n) is 6.73. The Bertz CT molecular complexity index is 1250. The lowest BCUT2D eigenvalue weighted by Gasteiger charge is -2.06. The highest BCUT2D eigenvalue weighted by Crippen LogP contribution is 2.35. The third-order valence-corrected chi connectivity index (χ3v) is 4.92. The molecule has 0 bridgehead atoms. The summed E-state index contributed by atoms with van der Waals surface area (Å²) in [6.07, 6.45) is 0. The molecule has 4 rings (SSSR count). The van der Waals surface area contributed by atoms with Gasteiger partial charge in [0.05, 0.1) is 22.7 Å². The zero-order valence-corrected chi connectivity index (χ0v) is 15.7. The zero-order chi connectivity index (χ0) is 20.0. The van der Waals surface area contributed by atoms with Crippen LogP contribution in [0.4, 0.5) is 5.69 Å². The molecule has 0 aliphatic carbocycles. The molecule has 2 aromatic carbocycles. The minimum Gasteiger partial charge on any atom is -0.361 e. The lowest BCUT2D eigenvalue weighted by atomic mass is 10.0. The van der Waals surface area contributed by atoms with Crippen molar-refractivity contribution in [3.05, 3.63) is 80.1 Å². The first-order valence-electron chi connectivity index (χ1n) is 8.73. The monoisotopic (exact) mass is 378 g/mol. The average molecular weight is 378 g/mol. The van der Waals surface area contributed by atoms with Gasteiger partial charge in [-0.15, -0.1) is 0 Å². The van der Waals surface area contributed by atoms with Crippen LogP contribution in [0, 0.1) is 24.0 Å². The summed E-state index contributed by atoms with van der Waals surface area (Å²) in [7, 11) is 1.55. The van der Waals surface area contributed by atoms with Gasteiger partial charge < -0.3 is 4.52 Å². The van der Waals surface area contributed by atoms with E-state index in [1.807, 2.05) is 30.3 Å². The highest BCUT2D eigenvalue weighted by Gasteiger charge is 2.24. The van der Waals surface area contributed by atoms with Crippen molar-refractivity contribution in [2.45, 2.75) is 20.4 Å². The van der Waals surface area contributed by atoms with Crippen LogP contribution >= 0.6 is 0 Å². The van der Waals surface area contributed by atoms with Crippen molar-refractivity contribution < 1.29 is 9.45 Å². The van der Waals surface area contributed by atoms with Crippen LogP contribution in [0.25, 0.3) is 22.2 Å². The Morgan fingerprint density at radius 1 is 1.18 bits per heavy atom. The van der Waals surface area contributed by atoms with E-state index in [1.54, 1.807) is 31.5 Å². The number of aromatic nitrogens is 3. The van der Waals surface area contributed by atoms with Crippen LogP contribution in [-0.2, 0) is 13.6 Å². The maximum atomic E-state index is 12.9. The van der Waals surface area contributed by atoms with E-state index in [0.717, 1.165) is 5.56 Å². The fraction of sp³-hybridized carbons (Fsp3) is 0.200. The van der Waals surface area contributed by atoms with Gasteiger partial charge in [-0.1, -0.05) is 35.5 Å². The summed E-state index contributed by atoms with van der Waals surface area (Å²) >= 11 is 0. The van der Waals surface area contributed by atoms with Crippen LogP contribution in [0.3, 0.4) is 0 Å². The maximum absolute atomic E-state index is 12.9. The van der Waals surface area contributed by atoms with Crippen LogP contribution in [0.15, 0.2) is 51.8 Å². The summed E-state index contributed by atoms with van der Waals surface area (Å²) in [5, 5.41) is 15.7. The summed E-state index contributed by atoms with van der Waals surface area (Å²) < 4.78 is 8.11.